The van der Waals surface area contributed by atoms with Gasteiger partial charge >= 0.3 is 0 Å². The molecule has 0 fully saturated rings. The van der Waals surface area contributed by atoms with Crippen molar-refractivity contribution in [3.05, 3.63) is 41.5 Å². The van der Waals surface area contributed by atoms with Gasteiger partial charge in [0.2, 0.25) is 0 Å². The number of nitrogens with zero attached hydrogens (tertiary/aromatic N) is 3. The number of fused-ring (bicyclic) bond motifs is 1. The van der Waals surface area contributed by atoms with Gasteiger partial charge < -0.3 is 15.4 Å². The van der Waals surface area contributed by atoms with Crippen molar-refractivity contribution >= 4 is 17.0 Å². The number of anilines is 1. The molecule has 6 nitrogen and oxygen atoms in total. The highest BCUT2D eigenvalue weighted by molar-refractivity contribution is 5.81. The van der Waals surface area contributed by atoms with Gasteiger partial charge in [-0.3, -0.25) is 0 Å². The number of phenols is 1. The summed E-state index contributed by atoms with van der Waals surface area (Å²) >= 11 is 0. The van der Waals surface area contributed by atoms with Crippen LogP contribution in [0.4, 0.5) is 5.82 Å². The summed E-state index contributed by atoms with van der Waals surface area (Å²) in [7, 11) is 0. The van der Waals surface area contributed by atoms with Crippen LogP contribution in [0, 0.1) is 0 Å². The van der Waals surface area contributed by atoms with Gasteiger partial charge in [0.25, 0.3) is 0 Å². The quantitative estimate of drug-likeness (QED) is 0.674. The third kappa shape index (κ3) is 2.59. The van der Waals surface area contributed by atoms with Crippen LogP contribution in [-0.2, 0) is 19.4 Å². The van der Waals surface area contributed by atoms with Crippen molar-refractivity contribution in [3.63, 3.8) is 0 Å². The normalized spacial score (nSPS) is 11.0. The summed E-state index contributed by atoms with van der Waals surface area (Å²) in [6, 6.07) is 4.10. The van der Waals surface area contributed by atoms with Crippen LogP contribution < -0.4 is 5.32 Å². The monoisotopic (exact) mass is 297 g/mol. The van der Waals surface area contributed by atoms with Gasteiger partial charge in [0, 0.05) is 12.1 Å². The van der Waals surface area contributed by atoms with Crippen LogP contribution in [0.3, 0.4) is 0 Å². The molecule has 2 aromatic heterocycles. The lowest BCUT2D eigenvalue weighted by molar-refractivity contribution is 0.462. The number of nitrogens with one attached hydrogen (secondary N) is 2. The smallest absolute Gasteiger partial charge is 0.182 e. The summed E-state index contributed by atoms with van der Waals surface area (Å²) in [5.74, 6) is 1.05. The minimum Gasteiger partial charge on any atom is -0.507 e. The maximum Gasteiger partial charge on any atom is 0.182 e. The summed E-state index contributed by atoms with van der Waals surface area (Å²) in [5.41, 5.74) is 4.47. The van der Waals surface area contributed by atoms with Gasteiger partial charge in [0.1, 0.15) is 17.6 Å². The van der Waals surface area contributed by atoms with E-state index in [1.54, 1.807) is 6.33 Å². The van der Waals surface area contributed by atoms with Crippen LogP contribution in [-0.4, -0.2) is 25.0 Å². The number of hydrogen-bond acceptors (Lipinski definition) is 5. The summed E-state index contributed by atoms with van der Waals surface area (Å²) in [5, 5.41) is 13.6. The largest absolute Gasteiger partial charge is 0.507 e. The highest BCUT2D eigenvalue weighted by Gasteiger charge is 2.10. The zero-order chi connectivity index (χ0) is 15.5. The number of phenolic OH excluding ortho intramolecular Hbond substituents is 1. The van der Waals surface area contributed by atoms with E-state index >= 15 is 0 Å². The Kier molecular flexibility index (Phi) is 3.91. The first kappa shape index (κ1) is 14.3. The molecule has 0 aliphatic rings. The second kappa shape index (κ2) is 6.01. The van der Waals surface area contributed by atoms with Crippen LogP contribution in [0.5, 0.6) is 5.75 Å². The van der Waals surface area contributed by atoms with Crippen molar-refractivity contribution in [1.29, 1.82) is 0 Å². The van der Waals surface area contributed by atoms with Crippen molar-refractivity contribution in [2.24, 2.45) is 0 Å². The minimum atomic E-state index is 0.363. The predicted molar refractivity (Wildman–Crippen MR) is 85.9 cm³/mol. The van der Waals surface area contributed by atoms with E-state index < -0.39 is 0 Å². The Hall–Kier alpha value is -2.63. The highest BCUT2D eigenvalue weighted by atomic mass is 16.3. The van der Waals surface area contributed by atoms with E-state index in [0.29, 0.717) is 23.8 Å². The molecule has 0 atom stereocenters. The Morgan fingerprint density at radius 2 is 1.91 bits per heavy atom. The lowest BCUT2D eigenvalue weighted by atomic mass is 10.0. The van der Waals surface area contributed by atoms with E-state index in [0.717, 1.165) is 29.5 Å². The highest BCUT2D eigenvalue weighted by Crippen LogP contribution is 2.27. The first-order chi connectivity index (χ1) is 10.7. The van der Waals surface area contributed by atoms with Crippen LogP contribution in [0.1, 0.15) is 30.5 Å². The molecule has 22 heavy (non-hydrogen) atoms. The maximum atomic E-state index is 10.4. The van der Waals surface area contributed by atoms with Crippen LogP contribution >= 0.6 is 0 Å². The van der Waals surface area contributed by atoms with Crippen LogP contribution in [0.15, 0.2) is 24.8 Å². The molecule has 0 saturated carbocycles. The molecular formula is C16H19N5O. The third-order valence-corrected chi connectivity index (χ3v) is 3.79. The number of H-pyrrole nitrogens is 1. The summed E-state index contributed by atoms with van der Waals surface area (Å²) in [4.78, 5) is 15.5. The Labute approximate surface area is 128 Å². The standard InChI is InChI=1S/C16H19N5O/c1-3-10-5-11(4-2)14(22)12(6-10)7-17-15-13-16(19-8-18-13)21-9-20-15/h5-6,8-9,22H,3-4,7H2,1-2H3,(H2,17,18,19,20,21). The molecule has 0 aliphatic carbocycles. The molecule has 2 heterocycles. The lowest BCUT2D eigenvalue weighted by Gasteiger charge is -2.13. The van der Waals surface area contributed by atoms with Gasteiger partial charge in [-0.2, -0.15) is 0 Å². The van der Waals surface area contributed by atoms with E-state index in [1.165, 1.54) is 11.9 Å². The molecule has 0 unspecified atom stereocenters. The predicted octanol–water partition coefficient (Wildman–Crippen LogP) is 2.80. The average molecular weight is 297 g/mol. The Balaban J connectivity index is 1.89. The SMILES string of the molecule is CCc1cc(CC)c(O)c(CNc2ncnc3nc[nH]c23)c1. The molecule has 0 spiro atoms. The van der Waals surface area contributed by atoms with E-state index in [4.69, 9.17) is 0 Å². The van der Waals surface area contributed by atoms with Crippen molar-refractivity contribution in [1.82, 2.24) is 19.9 Å². The molecule has 0 bridgehead atoms. The third-order valence-electron chi connectivity index (χ3n) is 3.79. The molecule has 0 radical (unpaired) electrons. The second-order valence-electron chi connectivity index (χ2n) is 5.15. The first-order valence-corrected chi connectivity index (χ1v) is 7.44. The fourth-order valence-electron chi connectivity index (χ4n) is 2.52. The number of benzene rings is 1. The van der Waals surface area contributed by atoms with Gasteiger partial charge in [-0.05, 0) is 24.0 Å². The molecule has 3 N–H and O–H groups in total. The summed E-state index contributed by atoms with van der Waals surface area (Å²) < 4.78 is 0. The lowest BCUT2D eigenvalue weighted by Crippen LogP contribution is -2.04. The molecule has 3 rings (SSSR count). The van der Waals surface area contributed by atoms with E-state index in [2.05, 4.69) is 38.2 Å². The molecule has 6 heteroatoms. The number of imidazole rings is 1. The number of rotatable bonds is 5. The number of aromatic amines is 1. The van der Waals surface area contributed by atoms with Gasteiger partial charge in [-0.25, -0.2) is 15.0 Å². The van der Waals surface area contributed by atoms with Crippen molar-refractivity contribution in [3.8, 4) is 5.75 Å². The minimum absolute atomic E-state index is 0.363. The molecule has 3 aromatic rings. The second-order valence-corrected chi connectivity index (χ2v) is 5.15. The summed E-state index contributed by atoms with van der Waals surface area (Å²) in [6.07, 6.45) is 4.82. The maximum absolute atomic E-state index is 10.4. The molecular weight excluding hydrogens is 278 g/mol. The topological polar surface area (TPSA) is 86.7 Å². The Morgan fingerprint density at radius 1 is 1.09 bits per heavy atom. The van der Waals surface area contributed by atoms with Crippen LogP contribution in [0.25, 0.3) is 11.2 Å². The zero-order valence-corrected chi connectivity index (χ0v) is 12.7. The average Bonchev–Trinajstić information content (AvgIpc) is 3.03. The molecule has 1 aromatic carbocycles. The number of aryl methyl sites for hydroxylation is 2. The van der Waals surface area contributed by atoms with Crippen molar-refractivity contribution < 1.29 is 5.11 Å². The first-order valence-electron chi connectivity index (χ1n) is 7.44. The van der Waals surface area contributed by atoms with Crippen LogP contribution in [0.2, 0.25) is 0 Å². The Bertz CT molecular complexity index is 796. The van der Waals surface area contributed by atoms with E-state index in [9.17, 15) is 5.11 Å². The van der Waals surface area contributed by atoms with E-state index in [-0.39, 0.29) is 0 Å². The molecule has 0 amide bonds. The zero-order valence-electron chi connectivity index (χ0n) is 12.7. The van der Waals surface area contributed by atoms with Crippen molar-refractivity contribution in [2.75, 3.05) is 5.32 Å². The fourth-order valence-corrected chi connectivity index (χ4v) is 2.52. The number of aromatic hydroxyl groups is 1. The van der Waals surface area contributed by atoms with Gasteiger partial charge in [-0.1, -0.05) is 26.0 Å². The molecule has 0 aliphatic heterocycles. The Morgan fingerprint density at radius 3 is 2.68 bits per heavy atom. The van der Waals surface area contributed by atoms with E-state index in [1.807, 2.05) is 13.0 Å². The number of aromatic nitrogens is 4. The summed E-state index contributed by atoms with van der Waals surface area (Å²) in [6.45, 7) is 4.66. The number of hydrogen-bond donors (Lipinski definition) is 3. The molecule has 0 saturated heterocycles. The van der Waals surface area contributed by atoms with Gasteiger partial charge in [-0.15, -0.1) is 0 Å². The van der Waals surface area contributed by atoms with Crippen molar-refractivity contribution in [2.45, 2.75) is 33.2 Å². The fraction of sp³-hybridized carbons (Fsp3) is 0.312. The van der Waals surface area contributed by atoms with Gasteiger partial charge in [0.05, 0.1) is 6.33 Å². The molecule has 114 valence electrons. The van der Waals surface area contributed by atoms with Gasteiger partial charge in [0.15, 0.2) is 11.5 Å².